The average molecular weight is 408 g/mol. The second kappa shape index (κ2) is 8.26. The number of aliphatic hydroxyl groups is 1. The summed E-state index contributed by atoms with van der Waals surface area (Å²) >= 11 is 0. The van der Waals surface area contributed by atoms with E-state index in [1.54, 1.807) is 30.3 Å². The first-order valence-electron chi connectivity index (χ1n) is 8.69. The van der Waals surface area contributed by atoms with Crippen LogP contribution in [0.4, 0.5) is 4.39 Å². The molecule has 2 N–H and O–H groups in total. The summed E-state index contributed by atoms with van der Waals surface area (Å²) in [5.74, 6) is -0.965. The van der Waals surface area contributed by atoms with Gasteiger partial charge in [-0.2, -0.15) is 0 Å². The summed E-state index contributed by atoms with van der Waals surface area (Å²) < 4.78 is 41.9. The summed E-state index contributed by atoms with van der Waals surface area (Å²) in [6, 6.07) is 11.2. The molecule has 0 aliphatic heterocycles. The predicted octanol–water partition coefficient (Wildman–Crippen LogP) is 1.40. The van der Waals surface area contributed by atoms with Crippen LogP contribution in [-0.2, 0) is 16.4 Å². The number of nitrogens with one attached hydrogen (secondary N) is 1. The van der Waals surface area contributed by atoms with Crippen LogP contribution in [0.15, 0.2) is 51.7 Å². The Morgan fingerprint density at radius 2 is 1.86 bits per heavy atom. The maximum atomic E-state index is 13.1. The predicted molar refractivity (Wildman–Crippen MR) is 104 cm³/mol. The van der Waals surface area contributed by atoms with Gasteiger partial charge in [0.1, 0.15) is 15.7 Å². The molecule has 150 valence electrons. The highest BCUT2D eigenvalue weighted by molar-refractivity contribution is 7.90. The van der Waals surface area contributed by atoms with Crippen molar-refractivity contribution in [3.63, 3.8) is 0 Å². The third-order valence-corrected chi connectivity index (χ3v) is 5.21. The van der Waals surface area contributed by atoms with Crippen LogP contribution >= 0.6 is 0 Å². The first-order valence-corrected chi connectivity index (χ1v) is 10.7. The quantitative estimate of drug-likeness (QED) is 0.547. The molecule has 0 spiro atoms. The molecular weight excluding hydrogens is 387 g/mol. The van der Waals surface area contributed by atoms with Gasteiger partial charge in [-0.3, -0.25) is 4.57 Å². The van der Waals surface area contributed by atoms with Gasteiger partial charge in [-0.25, -0.2) is 17.6 Å². The Hall–Kier alpha value is -2.49. The number of hydrogen-bond acceptors (Lipinski definition) is 6. The van der Waals surface area contributed by atoms with Crippen molar-refractivity contribution < 1.29 is 22.3 Å². The maximum absolute atomic E-state index is 13.1. The molecule has 1 atom stereocenters. The number of fused-ring (bicyclic) bond motifs is 1. The lowest BCUT2D eigenvalue weighted by molar-refractivity contribution is 0.150. The SMILES string of the molecule is CS(=O)(=O)CCNCC(O)Cn1c(=O)oc2ccc(-c3ccc(F)cc3)cc21. The fourth-order valence-electron chi connectivity index (χ4n) is 2.86. The summed E-state index contributed by atoms with van der Waals surface area (Å²) in [7, 11) is -3.08. The van der Waals surface area contributed by atoms with E-state index in [9.17, 15) is 22.7 Å². The van der Waals surface area contributed by atoms with Crippen molar-refractivity contribution in [2.24, 2.45) is 0 Å². The van der Waals surface area contributed by atoms with Gasteiger partial charge < -0.3 is 14.8 Å². The number of rotatable bonds is 8. The van der Waals surface area contributed by atoms with Crippen molar-refractivity contribution in [3.05, 3.63) is 58.8 Å². The molecule has 0 saturated heterocycles. The first kappa shape index (κ1) is 20.2. The Morgan fingerprint density at radius 3 is 2.54 bits per heavy atom. The Bertz CT molecular complexity index is 1120. The van der Waals surface area contributed by atoms with E-state index in [2.05, 4.69) is 5.32 Å². The van der Waals surface area contributed by atoms with Crippen molar-refractivity contribution in [1.82, 2.24) is 9.88 Å². The van der Waals surface area contributed by atoms with E-state index in [-0.39, 0.29) is 31.2 Å². The minimum atomic E-state index is -3.08. The van der Waals surface area contributed by atoms with Crippen LogP contribution in [0.1, 0.15) is 0 Å². The molecule has 3 rings (SSSR count). The van der Waals surface area contributed by atoms with Gasteiger partial charge >= 0.3 is 5.76 Å². The number of aromatic nitrogens is 1. The second-order valence-electron chi connectivity index (χ2n) is 6.66. The summed E-state index contributed by atoms with van der Waals surface area (Å²) in [5.41, 5.74) is 2.46. The minimum absolute atomic E-state index is 0.00935. The number of aliphatic hydroxyl groups excluding tert-OH is 1. The van der Waals surface area contributed by atoms with E-state index >= 15 is 0 Å². The number of halogens is 1. The number of hydrogen-bond donors (Lipinski definition) is 2. The van der Waals surface area contributed by atoms with Gasteiger partial charge in [-0.15, -0.1) is 0 Å². The van der Waals surface area contributed by atoms with Crippen LogP contribution in [0.25, 0.3) is 22.2 Å². The molecule has 0 aliphatic rings. The zero-order chi connectivity index (χ0) is 20.3. The number of benzene rings is 2. The van der Waals surface area contributed by atoms with Crippen LogP contribution in [0.5, 0.6) is 0 Å². The van der Waals surface area contributed by atoms with Crippen LogP contribution in [0.3, 0.4) is 0 Å². The normalized spacial score (nSPS) is 13.1. The topological polar surface area (TPSA) is 102 Å². The highest BCUT2D eigenvalue weighted by Crippen LogP contribution is 2.24. The van der Waals surface area contributed by atoms with Gasteiger partial charge in [0.15, 0.2) is 5.58 Å². The zero-order valence-electron chi connectivity index (χ0n) is 15.3. The van der Waals surface area contributed by atoms with E-state index in [0.717, 1.165) is 17.4 Å². The monoisotopic (exact) mass is 408 g/mol. The first-order chi connectivity index (χ1) is 13.2. The molecule has 1 unspecified atom stereocenters. The molecule has 28 heavy (non-hydrogen) atoms. The number of nitrogens with zero attached hydrogens (tertiary/aromatic N) is 1. The van der Waals surface area contributed by atoms with Crippen LogP contribution in [-0.4, -0.2) is 49.3 Å². The largest absolute Gasteiger partial charge is 0.420 e. The van der Waals surface area contributed by atoms with Crippen molar-refractivity contribution in [1.29, 1.82) is 0 Å². The van der Waals surface area contributed by atoms with Gasteiger partial charge in [-0.05, 0) is 35.4 Å². The van der Waals surface area contributed by atoms with Gasteiger partial charge in [0.2, 0.25) is 0 Å². The fourth-order valence-corrected chi connectivity index (χ4v) is 3.37. The van der Waals surface area contributed by atoms with Gasteiger partial charge in [0, 0.05) is 19.3 Å². The van der Waals surface area contributed by atoms with Gasteiger partial charge in [-0.1, -0.05) is 18.2 Å². The van der Waals surface area contributed by atoms with E-state index < -0.39 is 21.7 Å². The molecular formula is C19H21FN2O5S. The molecule has 0 aliphatic carbocycles. The van der Waals surface area contributed by atoms with E-state index in [1.807, 2.05) is 0 Å². The lowest BCUT2D eigenvalue weighted by atomic mass is 10.1. The summed E-state index contributed by atoms with van der Waals surface area (Å²) in [5, 5.41) is 13.0. The zero-order valence-corrected chi connectivity index (χ0v) is 16.1. The summed E-state index contributed by atoms with van der Waals surface area (Å²) in [6.07, 6.45) is 0.230. The lowest BCUT2D eigenvalue weighted by Crippen LogP contribution is -2.34. The van der Waals surface area contributed by atoms with E-state index in [1.165, 1.54) is 16.7 Å². The summed E-state index contributed by atoms with van der Waals surface area (Å²) in [4.78, 5) is 12.2. The maximum Gasteiger partial charge on any atom is 0.420 e. The Balaban J connectivity index is 1.77. The van der Waals surface area contributed by atoms with E-state index in [0.29, 0.717) is 11.1 Å². The van der Waals surface area contributed by atoms with E-state index in [4.69, 9.17) is 4.42 Å². The number of oxazole rings is 1. The van der Waals surface area contributed by atoms with Crippen molar-refractivity contribution in [2.75, 3.05) is 25.1 Å². The second-order valence-corrected chi connectivity index (χ2v) is 8.92. The molecule has 9 heteroatoms. The average Bonchev–Trinajstić information content (AvgIpc) is 2.93. The molecule has 1 aromatic heterocycles. The summed E-state index contributed by atoms with van der Waals surface area (Å²) in [6.45, 7) is 0.336. The van der Waals surface area contributed by atoms with Crippen LogP contribution < -0.4 is 11.1 Å². The molecule has 0 saturated carbocycles. The molecule has 1 heterocycles. The third kappa shape index (κ3) is 5.06. The fraction of sp³-hybridized carbons (Fsp3) is 0.316. The van der Waals surface area contributed by atoms with Crippen molar-refractivity contribution in [2.45, 2.75) is 12.6 Å². The van der Waals surface area contributed by atoms with Crippen molar-refractivity contribution in [3.8, 4) is 11.1 Å². The van der Waals surface area contributed by atoms with Crippen LogP contribution in [0, 0.1) is 5.82 Å². The minimum Gasteiger partial charge on any atom is -0.408 e. The molecule has 0 radical (unpaired) electrons. The molecule has 0 bridgehead atoms. The highest BCUT2D eigenvalue weighted by Gasteiger charge is 2.14. The smallest absolute Gasteiger partial charge is 0.408 e. The molecule has 3 aromatic rings. The Morgan fingerprint density at radius 1 is 1.18 bits per heavy atom. The van der Waals surface area contributed by atoms with Gasteiger partial charge in [0.05, 0.1) is 23.9 Å². The van der Waals surface area contributed by atoms with Crippen LogP contribution in [0.2, 0.25) is 0 Å². The van der Waals surface area contributed by atoms with Gasteiger partial charge in [0.25, 0.3) is 0 Å². The molecule has 2 aromatic carbocycles. The molecule has 0 amide bonds. The molecule has 0 fully saturated rings. The highest BCUT2D eigenvalue weighted by atomic mass is 32.2. The Labute approximate surface area is 161 Å². The number of sulfone groups is 1. The third-order valence-electron chi connectivity index (χ3n) is 4.27. The Kier molecular flexibility index (Phi) is 5.97. The van der Waals surface area contributed by atoms with Crippen molar-refractivity contribution >= 4 is 20.9 Å². The molecule has 7 nitrogen and oxygen atoms in total. The standard InChI is InChI=1S/C19H21FN2O5S/c1-28(25,26)9-8-21-11-16(23)12-22-17-10-14(4-7-18(17)27-19(22)24)13-2-5-15(20)6-3-13/h2-7,10,16,21,23H,8-9,11-12H2,1H3. The lowest BCUT2D eigenvalue weighted by Gasteiger charge is -2.12.